The predicted molar refractivity (Wildman–Crippen MR) is 116 cm³/mol. The number of hydrogen-bond acceptors (Lipinski definition) is 6. The van der Waals surface area contributed by atoms with Crippen LogP contribution >= 0.6 is 0 Å². The van der Waals surface area contributed by atoms with Crippen molar-refractivity contribution in [2.75, 3.05) is 20.8 Å². The smallest absolute Gasteiger partial charge is 0.340 e. The average molecular weight is 422 g/mol. The van der Waals surface area contributed by atoms with Gasteiger partial charge >= 0.3 is 5.97 Å². The second-order valence-electron chi connectivity index (χ2n) is 7.12. The number of aromatic nitrogens is 2. The molecule has 0 unspecified atom stereocenters. The highest BCUT2D eigenvalue weighted by Crippen LogP contribution is 2.18. The van der Waals surface area contributed by atoms with Gasteiger partial charge in [0.15, 0.2) is 6.61 Å². The Morgan fingerprint density at radius 3 is 2.35 bits per heavy atom. The van der Waals surface area contributed by atoms with Crippen molar-refractivity contribution in [2.45, 2.75) is 26.8 Å². The molecule has 7 nitrogen and oxygen atoms in total. The molecule has 2 heterocycles. The van der Waals surface area contributed by atoms with Crippen molar-refractivity contribution in [1.82, 2.24) is 9.55 Å². The van der Waals surface area contributed by atoms with Gasteiger partial charge in [-0.3, -0.25) is 4.79 Å². The maximum atomic E-state index is 12.7. The SMILES string of the molecule is COc1ccc(CCn2c(C)cc(C(=O)COC(=O)c3ccc(OC)nc3)c2C)cc1. The van der Waals surface area contributed by atoms with Gasteiger partial charge in [-0.25, -0.2) is 9.78 Å². The van der Waals surface area contributed by atoms with Gasteiger partial charge in [-0.2, -0.15) is 0 Å². The number of rotatable bonds is 9. The van der Waals surface area contributed by atoms with Crippen molar-refractivity contribution in [1.29, 1.82) is 0 Å². The minimum atomic E-state index is -0.600. The maximum absolute atomic E-state index is 12.7. The van der Waals surface area contributed by atoms with Crippen molar-refractivity contribution in [3.05, 3.63) is 76.7 Å². The van der Waals surface area contributed by atoms with Gasteiger partial charge < -0.3 is 18.8 Å². The van der Waals surface area contributed by atoms with Crippen LogP contribution in [0.15, 0.2) is 48.7 Å². The summed E-state index contributed by atoms with van der Waals surface area (Å²) in [6.45, 7) is 4.29. The van der Waals surface area contributed by atoms with Crippen LogP contribution in [0.2, 0.25) is 0 Å². The Balaban J connectivity index is 1.61. The van der Waals surface area contributed by atoms with Gasteiger partial charge in [0.2, 0.25) is 11.7 Å². The first-order valence-corrected chi connectivity index (χ1v) is 9.93. The molecule has 0 saturated heterocycles. The predicted octanol–water partition coefficient (Wildman–Crippen LogP) is 3.80. The van der Waals surface area contributed by atoms with Crippen LogP contribution < -0.4 is 9.47 Å². The molecule has 0 atom stereocenters. The number of benzene rings is 1. The van der Waals surface area contributed by atoms with E-state index in [1.807, 2.05) is 44.2 Å². The van der Waals surface area contributed by atoms with Crippen LogP contribution in [0.1, 0.15) is 37.7 Å². The summed E-state index contributed by atoms with van der Waals surface area (Å²) in [4.78, 5) is 28.8. The summed E-state index contributed by atoms with van der Waals surface area (Å²) in [6.07, 6.45) is 2.18. The lowest BCUT2D eigenvalue weighted by atomic mass is 10.1. The van der Waals surface area contributed by atoms with Gasteiger partial charge in [0, 0.05) is 35.8 Å². The van der Waals surface area contributed by atoms with Crippen molar-refractivity contribution in [2.24, 2.45) is 0 Å². The van der Waals surface area contributed by atoms with E-state index in [-0.39, 0.29) is 18.0 Å². The highest BCUT2D eigenvalue weighted by Gasteiger charge is 2.18. The van der Waals surface area contributed by atoms with E-state index in [1.165, 1.54) is 18.9 Å². The second-order valence-corrected chi connectivity index (χ2v) is 7.12. The van der Waals surface area contributed by atoms with Gasteiger partial charge in [-0.15, -0.1) is 0 Å². The minimum Gasteiger partial charge on any atom is -0.497 e. The van der Waals surface area contributed by atoms with E-state index in [1.54, 1.807) is 19.2 Å². The Morgan fingerprint density at radius 1 is 1.00 bits per heavy atom. The van der Waals surface area contributed by atoms with Crippen LogP contribution in [-0.2, 0) is 17.7 Å². The van der Waals surface area contributed by atoms with Gasteiger partial charge in [0.25, 0.3) is 0 Å². The molecule has 0 fully saturated rings. The first kappa shape index (κ1) is 22.1. The zero-order valence-corrected chi connectivity index (χ0v) is 18.2. The zero-order valence-electron chi connectivity index (χ0n) is 18.2. The largest absolute Gasteiger partial charge is 0.497 e. The molecule has 0 spiro atoms. The Kier molecular flexibility index (Phi) is 7.07. The highest BCUT2D eigenvalue weighted by molar-refractivity contribution is 6.00. The Labute approximate surface area is 181 Å². The maximum Gasteiger partial charge on any atom is 0.340 e. The quantitative estimate of drug-likeness (QED) is 0.386. The molecule has 7 heteroatoms. The van der Waals surface area contributed by atoms with Gasteiger partial charge in [0.1, 0.15) is 5.75 Å². The molecule has 0 aliphatic carbocycles. The van der Waals surface area contributed by atoms with Crippen LogP contribution in [0.4, 0.5) is 0 Å². The van der Waals surface area contributed by atoms with Crippen LogP contribution in [0.3, 0.4) is 0 Å². The molecule has 162 valence electrons. The fraction of sp³-hybridized carbons (Fsp3) is 0.292. The number of methoxy groups -OCH3 is 2. The Bertz CT molecular complexity index is 1050. The number of esters is 1. The number of Topliss-reactive ketones (excluding diaryl/α,β-unsaturated/α-hetero) is 1. The van der Waals surface area contributed by atoms with E-state index in [0.717, 1.165) is 30.1 Å². The summed E-state index contributed by atoms with van der Waals surface area (Å²) >= 11 is 0. The zero-order chi connectivity index (χ0) is 22.4. The summed E-state index contributed by atoms with van der Waals surface area (Å²) in [5.74, 6) is 0.384. The molecule has 0 aliphatic rings. The number of carbonyl (C=O) groups excluding carboxylic acids is 2. The number of ether oxygens (including phenoxy) is 3. The Hall–Kier alpha value is -3.61. The molecule has 3 aromatic rings. The average Bonchev–Trinajstić information content (AvgIpc) is 3.09. The summed E-state index contributed by atoms with van der Waals surface area (Å²) in [6, 6.07) is 12.9. The molecule has 0 aliphatic heterocycles. The number of pyridine rings is 1. The normalized spacial score (nSPS) is 10.6. The van der Waals surface area contributed by atoms with Crippen LogP contribution in [0.25, 0.3) is 0 Å². The number of aryl methyl sites for hydroxylation is 2. The van der Waals surface area contributed by atoms with Gasteiger partial charge in [-0.1, -0.05) is 12.1 Å². The summed E-state index contributed by atoms with van der Waals surface area (Å²) < 4.78 is 17.4. The Morgan fingerprint density at radius 2 is 1.74 bits per heavy atom. The third-order valence-corrected chi connectivity index (χ3v) is 5.17. The molecular formula is C24H26N2O5. The fourth-order valence-electron chi connectivity index (χ4n) is 3.37. The first-order chi connectivity index (χ1) is 14.9. The molecule has 31 heavy (non-hydrogen) atoms. The van der Waals surface area contributed by atoms with E-state index in [2.05, 4.69) is 9.55 Å². The first-order valence-electron chi connectivity index (χ1n) is 9.93. The second kappa shape index (κ2) is 9.93. The topological polar surface area (TPSA) is 79.7 Å². The third kappa shape index (κ3) is 5.31. The van der Waals surface area contributed by atoms with E-state index in [4.69, 9.17) is 14.2 Å². The van der Waals surface area contributed by atoms with Gasteiger partial charge in [-0.05, 0) is 50.1 Å². The summed E-state index contributed by atoms with van der Waals surface area (Å²) in [5, 5.41) is 0. The number of hydrogen-bond donors (Lipinski definition) is 0. The van der Waals surface area contributed by atoms with Crippen molar-refractivity contribution in [3.63, 3.8) is 0 Å². The highest BCUT2D eigenvalue weighted by atomic mass is 16.5. The lowest BCUT2D eigenvalue weighted by Crippen LogP contribution is -2.15. The number of nitrogens with zero attached hydrogens (tertiary/aromatic N) is 2. The van der Waals surface area contributed by atoms with E-state index < -0.39 is 5.97 Å². The fourth-order valence-corrected chi connectivity index (χ4v) is 3.37. The monoisotopic (exact) mass is 422 g/mol. The van der Waals surface area contributed by atoms with Crippen LogP contribution in [-0.4, -0.2) is 42.1 Å². The summed E-state index contributed by atoms with van der Waals surface area (Å²) in [7, 11) is 3.14. The van der Waals surface area contributed by atoms with E-state index in [0.29, 0.717) is 11.4 Å². The van der Waals surface area contributed by atoms with Crippen molar-refractivity contribution >= 4 is 11.8 Å². The number of carbonyl (C=O) groups is 2. The lowest BCUT2D eigenvalue weighted by molar-refractivity contribution is 0.0474. The molecule has 3 rings (SSSR count). The van der Waals surface area contributed by atoms with E-state index >= 15 is 0 Å². The van der Waals surface area contributed by atoms with Crippen molar-refractivity contribution < 1.29 is 23.8 Å². The lowest BCUT2D eigenvalue weighted by Gasteiger charge is -2.10. The molecule has 0 amide bonds. The summed E-state index contributed by atoms with van der Waals surface area (Å²) in [5.41, 5.74) is 3.85. The third-order valence-electron chi connectivity index (χ3n) is 5.17. The van der Waals surface area contributed by atoms with Crippen LogP contribution in [0.5, 0.6) is 11.6 Å². The van der Waals surface area contributed by atoms with E-state index in [9.17, 15) is 9.59 Å². The van der Waals surface area contributed by atoms with Crippen LogP contribution in [0, 0.1) is 13.8 Å². The minimum absolute atomic E-state index is 0.237. The van der Waals surface area contributed by atoms with Crippen molar-refractivity contribution in [3.8, 4) is 11.6 Å². The van der Waals surface area contributed by atoms with Gasteiger partial charge in [0.05, 0.1) is 19.8 Å². The molecule has 0 bridgehead atoms. The molecule has 0 N–H and O–H groups in total. The molecule has 2 aromatic heterocycles. The molecular weight excluding hydrogens is 396 g/mol. The molecule has 0 radical (unpaired) electrons. The molecule has 1 aromatic carbocycles. The number of ketones is 1. The molecule has 0 saturated carbocycles. The standard InChI is InChI=1S/C24H26N2O5/c1-16-13-21(17(2)26(16)12-11-18-5-8-20(29-3)9-6-18)22(27)15-31-24(28)19-7-10-23(30-4)25-14-19/h5-10,13-14H,11-12,15H2,1-4H3.